The Hall–Kier alpha value is -2.45. The third-order valence-corrected chi connectivity index (χ3v) is 6.35. The van der Waals surface area contributed by atoms with Gasteiger partial charge >= 0.3 is 5.97 Å². The first kappa shape index (κ1) is 20.3. The van der Waals surface area contributed by atoms with Crippen molar-refractivity contribution in [1.82, 2.24) is 0 Å². The molecule has 0 saturated heterocycles. The van der Waals surface area contributed by atoms with E-state index in [0.717, 1.165) is 0 Å². The molecule has 0 N–H and O–H groups in total. The van der Waals surface area contributed by atoms with Crippen LogP contribution in [0.15, 0.2) is 41.3 Å². The summed E-state index contributed by atoms with van der Waals surface area (Å²) in [6.45, 7) is 4.50. The van der Waals surface area contributed by atoms with Crippen LogP contribution >= 0.6 is 11.6 Å². The lowest BCUT2D eigenvalue weighted by atomic mass is 10.2. The maximum absolute atomic E-state index is 13.2. The molecule has 0 saturated carbocycles. The summed E-state index contributed by atoms with van der Waals surface area (Å²) in [5.41, 5.74) is 0.418. The van der Waals surface area contributed by atoms with Crippen LogP contribution in [0, 0.1) is 0 Å². The van der Waals surface area contributed by atoms with Crippen molar-refractivity contribution < 1.29 is 27.4 Å². The second kappa shape index (κ2) is 8.28. The van der Waals surface area contributed by atoms with Gasteiger partial charge in [-0.1, -0.05) is 11.6 Å². The van der Waals surface area contributed by atoms with Gasteiger partial charge in [-0.2, -0.15) is 0 Å². The molecule has 0 aromatic heterocycles. The van der Waals surface area contributed by atoms with Crippen LogP contribution in [0.3, 0.4) is 0 Å². The molecule has 2 aromatic carbocycles. The Morgan fingerprint density at radius 3 is 2.50 bits per heavy atom. The summed E-state index contributed by atoms with van der Waals surface area (Å²) in [5.74, 6) is 0.276. The van der Waals surface area contributed by atoms with Gasteiger partial charge in [-0.15, -0.1) is 0 Å². The summed E-state index contributed by atoms with van der Waals surface area (Å²) in [7, 11) is -3.90. The highest BCUT2D eigenvalue weighted by atomic mass is 35.5. The predicted molar refractivity (Wildman–Crippen MR) is 105 cm³/mol. The van der Waals surface area contributed by atoms with Crippen molar-refractivity contribution in [3.8, 4) is 11.5 Å². The van der Waals surface area contributed by atoms with Crippen LogP contribution in [-0.4, -0.2) is 40.8 Å². The first-order valence-corrected chi connectivity index (χ1v) is 10.6. The van der Waals surface area contributed by atoms with Crippen LogP contribution in [0.4, 0.5) is 5.69 Å². The van der Waals surface area contributed by atoms with Gasteiger partial charge in [0.2, 0.25) is 0 Å². The van der Waals surface area contributed by atoms with E-state index in [0.29, 0.717) is 30.4 Å². The van der Waals surface area contributed by atoms with Crippen molar-refractivity contribution in [3.63, 3.8) is 0 Å². The summed E-state index contributed by atoms with van der Waals surface area (Å²) in [5, 5.41) is 0.190. The zero-order chi connectivity index (χ0) is 20.3. The van der Waals surface area contributed by atoms with E-state index in [1.165, 1.54) is 28.6 Å². The number of anilines is 1. The predicted octanol–water partition coefficient (Wildman–Crippen LogP) is 3.50. The molecule has 9 heteroatoms. The van der Waals surface area contributed by atoms with E-state index in [9.17, 15) is 13.2 Å². The Morgan fingerprint density at radius 2 is 1.82 bits per heavy atom. The number of rotatable bonds is 6. The average molecular weight is 426 g/mol. The van der Waals surface area contributed by atoms with E-state index >= 15 is 0 Å². The molecule has 0 amide bonds. The molecule has 0 aliphatic carbocycles. The van der Waals surface area contributed by atoms with Gasteiger partial charge in [0.25, 0.3) is 10.0 Å². The minimum atomic E-state index is -3.90. The molecule has 0 radical (unpaired) electrons. The third-order valence-electron chi connectivity index (χ3n) is 4.12. The second-order valence-electron chi connectivity index (χ2n) is 5.86. The van der Waals surface area contributed by atoms with E-state index in [1.807, 2.05) is 0 Å². The zero-order valence-corrected chi connectivity index (χ0v) is 17.0. The van der Waals surface area contributed by atoms with Crippen molar-refractivity contribution in [2.24, 2.45) is 0 Å². The molecule has 0 spiro atoms. The largest absolute Gasteiger partial charge is 0.486 e. The quantitative estimate of drug-likeness (QED) is 0.659. The molecule has 3 rings (SSSR count). The molecule has 1 aliphatic rings. The molecule has 7 nitrogen and oxygen atoms in total. The average Bonchev–Trinajstić information content (AvgIpc) is 2.69. The fourth-order valence-electron chi connectivity index (χ4n) is 2.84. The van der Waals surface area contributed by atoms with Crippen LogP contribution in [0.25, 0.3) is 0 Å². The molecule has 28 heavy (non-hydrogen) atoms. The van der Waals surface area contributed by atoms with Crippen LogP contribution in [0.2, 0.25) is 5.02 Å². The fourth-order valence-corrected chi connectivity index (χ4v) is 4.51. The molecular weight excluding hydrogens is 406 g/mol. The van der Waals surface area contributed by atoms with Crippen molar-refractivity contribution in [2.45, 2.75) is 18.7 Å². The number of carbonyl (C=O) groups is 1. The van der Waals surface area contributed by atoms with Gasteiger partial charge in [0.1, 0.15) is 13.2 Å². The van der Waals surface area contributed by atoms with E-state index in [4.69, 9.17) is 25.8 Å². The highest BCUT2D eigenvalue weighted by Crippen LogP contribution is 2.34. The molecule has 2 aromatic rings. The van der Waals surface area contributed by atoms with Gasteiger partial charge in [0, 0.05) is 12.6 Å². The maximum Gasteiger partial charge on any atom is 0.339 e. The number of nitrogens with zero attached hydrogens (tertiary/aromatic N) is 1. The second-order valence-corrected chi connectivity index (χ2v) is 8.13. The van der Waals surface area contributed by atoms with Crippen molar-refractivity contribution in [2.75, 3.05) is 30.7 Å². The minimum Gasteiger partial charge on any atom is -0.486 e. The molecule has 150 valence electrons. The zero-order valence-electron chi connectivity index (χ0n) is 15.5. The van der Waals surface area contributed by atoms with Crippen molar-refractivity contribution >= 4 is 33.3 Å². The number of fused-ring (bicyclic) bond motifs is 1. The van der Waals surface area contributed by atoms with E-state index in [1.54, 1.807) is 26.0 Å². The number of halogens is 1. The lowest BCUT2D eigenvalue weighted by molar-refractivity contribution is 0.0526. The van der Waals surface area contributed by atoms with Gasteiger partial charge in [-0.05, 0) is 44.2 Å². The summed E-state index contributed by atoms with van der Waals surface area (Å²) < 4.78 is 43.5. The Labute approximate surface area is 168 Å². The van der Waals surface area contributed by atoms with Gasteiger partial charge in [-0.3, -0.25) is 4.31 Å². The van der Waals surface area contributed by atoms with E-state index < -0.39 is 16.0 Å². The maximum atomic E-state index is 13.2. The third kappa shape index (κ3) is 3.88. The van der Waals surface area contributed by atoms with Crippen LogP contribution in [-0.2, 0) is 14.8 Å². The topological polar surface area (TPSA) is 82.1 Å². The first-order chi connectivity index (χ1) is 13.4. The first-order valence-electron chi connectivity index (χ1n) is 8.77. The fraction of sp³-hybridized carbons (Fsp3) is 0.316. The number of benzene rings is 2. The number of hydrogen-bond acceptors (Lipinski definition) is 6. The molecular formula is C19H20ClNO6S. The van der Waals surface area contributed by atoms with E-state index in [-0.39, 0.29) is 28.6 Å². The summed E-state index contributed by atoms with van der Waals surface area (Å²) in [6.07, 6.45) is 0. The highest BCUT2D eigenvalue weighted by molar-refractivity contribution is 7.92. The molecule has 1 heterocycles. The molecule has 0 fully saturated rings. The standard InChI is InChI=1S/C19H20ClNO6S/c1-3-21(13-5-7-16(20)15(11-13)19(22)25-4-2)28(23,24)14-6-8-17-18(12-14)27-10-9-26-17/h5-8,11-12H,3-4,9-10H2,1-2H3. The Kier molecular flexibility index (Phi) is 6.00. The minimum absolute atomic E-state index is 0.0613. The van der Waals surface area contributed by atoms with Crippen LogP contribution < -0.4 is 13.8 Å². The number of carbonyl (C=O) groups excluding carboxylic acids is 1. The Bertz CT molecular complexity index is 992. The molecule has 0 atom stereocenters. The summed E-state index contributed by atoms with van der Waals surface area (Å²) >= 11 is 6.09. The summed E-state index contributed by atoms with van der Waals surface area (Å²) in [4.78, 5) is 12.2. The van der Waals surface area contributed by atoms with Gasteiger partial charge in [0.05, 0.1) is 27.8 Å². The lowest BCUT2D eigenvalue weighted by Gasteiger charge is -2.25. The number of esters is 1. The van der Waals surface area contributed by atoms with E-state index in [2.05, 4.69) is 0 Å². The highest BCUT2D eigenvalue weighted by Gasteiger charge is 2.27. The molecule has 0 bridgehead atoms. The Balaban J connectivity index is 2.01. The van der Waals surface area contributed by atoms with Crippen LogP contribution in [0.5, 0.6) is 11.5 Å². The van der Waals surface area contributed by atoms with Crippen molar-refractivity contribution in [1.29, 1.82) is 0 Å². The van der Waals surface area contributed by atoms with Crippen LogP contribution in [0.1, 0.15) is 24.2 Å². The molecule has 0 unspecified atom stereocenters. The smallest absolute Gasteiger partial charge is 0.339 e. The lowest BCUT2D eigenvalue weighted by Crippen LogP contribution is -2.31. The van der Waals surface area contributed by atoms with Gasteiger partial charge in [-0.25, -0.2) is 13.2 Å². The van der Waals surface area contributed by atoms with Gasteiger partial charge in [0.15, 0.2) is 11.5 Å². The van der Waals surface area contributed by atoms with Crippen molar-refractivity contribution in [3.05, 3.63) is 47.0 Å². The number of ether oxygens (including phenoxy) is 3. The van der Waals surface area contributed by atoms with Gasteiger partial charge < -0.3 is 14.2 Å². The Morgan fingerprint density at radius 1 is 1.11 bits per heavy atom. The molecule has 1 aliphatic heterocycles. The SMILES string of the molecule is CCOC(=O)c1cc(N(CC)S(=O)(=O)c2ccc3c(c2)OCCO3)ccc1Cl. The monoisotopic (exact) mass is 425 g/mol. The number of hydrogen-bond donors (Lipinski definition) is 0. The normalized spacial score (nSPS) is 13.1. The summed E-state index contributed by atoms with van der Waals surface area (Å²) in [6, 6.07) is 8.91. The number of sulfonamides is 1.